The van der Waals surface area contributed by atoms with Gasteiger partial charge in [0.2, 0.25) is 5.91 Å². The van der Waals surface area contributed by atoms with Crippen LogP contribution in [0.3, 0.4) is 0 Å². The number of hydrogen-bond donors (Lipinski definition) is 0. The number of carbonyl (C=O) groups excluding carboxylic acids is 1. The van der Waals surface area contributed by atoms with Crippen molar-refractivity contribution in [3.05, 3.63) is 74.8 Å². The Morgan fingerprint density at radius 1 is 1.04 bits per heavy atom. The van der Waals surface area contributed by atoms with E-state index in [0.29, 0.717) is 26.2 Å². The van der Waals surface area contributed by atoms with E-state index in [2.05, 4.69) is 20.8 Å². The van der Waals surface area contributed by atoms with Gasteiger partial charge >= 0.3 is 0 Å². The van der Waals surface area contributed by atoms with Crippen molar-refractivity contribution in [3.63, 3.8) is 0 Å². The Bertz CT molecular complexity index is 828. The first kappa shape index (κ1) is 18.1. The number of nitrogens with zero attached hydrogens (tertiary/aromatic N) is 3. The molecule has 1 heterocycles. The first-order valence-electron chi connectivity index (χ1n) is 8.25. The topological polar surface area (TPSA) is 66.7 Å². The maximum absolute atomic E-state index is 12.4. The summed E-state index contributed by atoms with van der Waals surface area (Å²) in [5.41, 5.74) is 1.98. The fourth-order valence-electron chi connectivity index (χ4n) is 2.85. The van der Waals surface area contributed by atoms with Crippen molar-refractivity contribution in [1.29, 1.82) is 0 Å². The van der Waals surface area contributed by atoms with E-state index in [1.54, 1.807) is 18.2 Å². The van der Waals surface area contributed by atoms with E-state index in [9.17, 15) is 14.9 Å². The van der Waals surface area contributed by atoms with Gasteiger partial charge in [0.1, 0.15) is 0 Å². The average molecular weight is 416 g/mol. The van der Waals surface area contributed by atoms with Crippen molar-refractivity contribution < 1.29 is 9.72 Å². The van der Waals surface area contributed by atoms with Crippen LogP contribution < -0.4 is 4.90 Å². The lowest BCUT2D eigenvalue weighted by Crippen LogP contribution is -2.48. The lowest BCUT2D eigenvalue weighted by molar-refractivity contribution is -0.384. The smallest absolute Gasteiger partial charge is 0.269 e. The number of carbonyl (C=O) groups is 1. The van der Waals surface area contributed by atoms with Crippen LogP contribution in [-0.2, 0) is 4.79 Å². The predicted octanol–water partition coefficient (Wildman–Crippen LogP) is 3.72. The van der Waals surface area contributed by atoms with Crippen LogP contribution >= 0.6 is 15.9 Å². The molecule has 0 spiro atoms. The van der Waals surface area contributed by atoms with Crippen LogP contribution in [-0.4, -0.2) is 41.9 Å². The summed E-state index contributed by atoms with van der Waals surface area (Å²) in [5, 5.41) is 10.7. The Morgan fingerprint density at radius 2 is 1.69 bits per heavy atom. The number of nitro groups is 1. The van der Waals surface area contributed by atoms with Gasteiger partial charge in [-0.1, -0.05) is 34.1 Å². The summed E-state index contributed by atoms with van der Waals surface area (Å²) in [6.07, 6.45) is 3.41. The molecule has 2 aromatic rings. The summed E-state index contributed by atoms with van der Waals surface area (Å²) >= 11 is 3.47. The molecular weight excluding hydrogens is 398 g/mol. The molecule has 134 valence electrons. The normalized spacial score (nSPS) is 14.7. The molecule has 0 N–H and O–H groups in total. The quantitative estimate of drug-likeness (QED) is 0.433. The predicted molar refractivity (Wildman–Crippen MR) is 105 cm³/mol. The molecule has 0 aromatic heterocycles. The number of benzene rings is 2. The second-order valence-electron chi connectivity index (χ2n) is 5.94. The number of nitro benzene ring substituents is 1. The molecule has 26 heavy (non-hydrogen) atoms. The van der Waals surface area contributed by atoms with Gasteiger partial charge in [-0.2, -0.15) is 0 Å². The minimum absolute atomic E-state index is 0.0101. The maximum Gasteiger partial charge on any atom is 0.269 e. The van der Waals surface area contributed by atoms with E-state index in [1.165, 1.54) is 12.1 Å². The van der Waals surface area contributed by atoms with Gasteiger partial charge in [-0.15, -0.1) is 0 Å². The molecule has 0 bridgehead atoms. The van der Waals surface area contributed by atoms with E-state index in [1.807, 2.05) is 35.2 Å². The van der Waals surface area contributed by atoms with Crippen molar-refractivity contribution in [2.45, 2.75) is 0 Å². The van der Waals surface area contributed by atoms with Gasteiger partial charge in [0.15, 0.2) is 0 Å². The molecule has 0 atom stereocenters. The van der Waals surface area contributed by atoms with Crippen molar-refractivity contribution in [1.82, 2.24) is 4.90 Å². The summed E-state index contributed by atoms with van der Waals surface area (Å²) in [4.78, 5) is 26.6. The van der Waals surface area contributed by atoms with E-state index >= 15 is 0 Å². The monoisotopic (exact) mass is 415 g/mol. The number of anilines is 1. The van der Waals surface area contributed by atoms with Crippen LogP contribution in [0.25, 0.3) is 6.08 Å². The molecule has 1 fully saturated rings. The molecule has 1 amide bonds. The second-order valence-corrected chi connectivity index (χ2v) is 6.80. The van der Waals surface area contributed by atoms with E-state index in [-0.39, 0.29) is 11.6 Å². The lowest BCUT2D eigenvalue weighted by atomic mass is 10.2. The molecule has 1 aliphatic heterocycles. The molecule has 0 radical (unpaired) electrons. The summed E-state index contributed by atoms with van der Waals surface area (Å²) in [6.45, 7) is 2.64. The van der Waals surface area contributed by atoms with Crippen molar-refractivity contribution >= 4 is 39.3 Å². The largest absolute Gasteiger partial charge is 0.368 e. The fourth-order valence-corrected chi connectivity index (χ4v) is 3.26. The summed E-state index contributed by atoms with van der Waals surface area (Å²) < 4.78 is 0.951. The zero-order valence-corrected chi connectivity index (χ0v) is 15.6. The highest BCUT2D eigenvalue weighted by Gasteiger charge is 2.20. The van der Waals surface area contributed by atoms with Crippen LogP contribution in [0, 0.1) is 10.1 Å². The van der Waals surface area contributed by atoms with Crippen LogP contribution in [0.4, 0.5) is 11.4 Å². The molecule has 6 nitrogen and oxygen atoms in total. The highest BCUT2D eigenvalue weighted by molar-refractivity contribution is 9.10. The fraction of sp³-hybridized carbons (Fsp3) is 0.211. The van der Waals surface area contributed by atoms with Crippen molar-refractivity contribution in [3.8, 4) is 0 Å². The molecule has 0 saturated carbocycles. The number of amides is 1. The first-order valence-corrected chi connectivity index (χ1v) is 9.05. The summed E-state index contributed by atoms with van der Waals surface area (Å²) in [7, 11) is 0. The highest BCUT2D eigenvalue weighted by Crippen LogP contribution is 2.21. The van der Waals surface area contributed by atoms with Gasteiger partial charge in [-0.05, 0) is 29.8 Å². The van der Waals surface area contributed by atoms with Gasteiger partial charge in [-0.25, -0.2) is 0 Å². The van der Waals surface area contributed by atoms with Gasteiger partial charge in [0.25, 0.3) is 5.69 Å². The number of halogens is 1. The molecular formula is C19H18BrN3O3. The first-order chi connectivity index (χ1) is 12.5. The Labute approximate surface area is 160 Å². The van der Waals surface area contributed by atoms with Crippen LogP contribution in [0.1, 0.15) is 5.56 Å². The third-order valence-corrected chi connectivity index (χ3v) is 5.05. The molecule has 2 aromatic carbocycles. The molecule has 7 heteroatoms. The molecule has 3 rings (SSSR count). The SMILES string of the molecule is O=C(/C=C/c1ccccc1Br)N1CCN(c2ccc([N+](=O)[O-])cc2)CC1. The Morgan fingerprint density at radius 3 is 2.31 bits per heavy atom. The van der Waals surface area contributed by atoms with E-state index in [4.69, 9.17) is 0 Å². The standard InChI is InChI=1S/C19H18BrN3O3/c20-18-4-2-1-3-15(18)5-10-19(24)22-13-11-21(12-14-22)16-6-8-17(9-7-16)23(25)26/h1-10H,11-14H2/b10-5+. The van der Waals surface area contributed by atoms with Crippen LogP contribution in [0.15, 0.2) is 59.1 Å². The zero-order valence-electron chi connectivity index (χ0n) is 14.0. The van der Waals surface area contributed by atoms with Crippen molar-refractivity contribution in [2.24, 2.45) is 0 Å². The Kier molecular flexibility index (Phi) is 5.68. The molecule has 1 aliphatic rings. The molecule has 0 aliphatic carbocycles. The summed E-state index contributed by atoms with van der Waals surface area (Å²) in [5.74, 6) is -0.0101. The van der Waals surface area contributed by atoms with E-state index in [0.717, 1.165) is 15.7 Å². The van der Waals surface area contributed by atoms with Crippen LogP contribution in [0.2, 0.25) is 0 Å². The van der Waals surface area contributed by atoms with Gasteiger partial charge in [0.05, 0.1) is 4.92 Å². The average Bonchev–Trinajstić information content (AvgIpc) is 2.67. The van der Waals surface area contributed by atoms with Gasteiger partial charge in [0, 0.05) is 54.5 Å². The third-order valence-electron chi connectivity index (χ3n) is 4.33. The molecule has 0 unspecified atom stereocenters. The highest BCUT2D eigenvalue weighted by atomic mass is 79.9. The van der Waals surface area contributed by atoms with Gasteiger partial charge < -0.3 is 9.80 Å². The Hall–Kier alpha value is -2.67. The Balaban J connectivity index is 1.57. The zero-order chi connectivity index (χ0) is 18.5. The van der Waals surface area contributed by atoms with Crippen LogP contribution in [0.5, 0.6) is 0 Å². The summed E-state index contributed by atoms with van der Waals surface area (Å²) in [6, 6.07) is 14.3. The lowest BCUT2D eigenvalue weighted by Gasteiger charge is -2.35. The minimum atomic E-state index is -0.405. The van der Waals surface area contributed by atoms with Crippen molar-refractivity contribution in [2.75, 3.05) is 31.1 Å². The maximum atomic E-state index is 12.4. The van der Waals surface area contributed by atoms with Gasteiger partial charge in [-0.3, -0.25) is 14.9 Å². The van der Waals surface area contributed by atoms with E-state index < -0.39 is 4.92 Å². The number of hydrogen-bond acceptors (Lipinski definition) is 4. The second kappa shape index (κ2) is 8.14. The number of rotatable bonds is 4. The number of piperazine rings is 1. The minimum Gasteiger partial charge on any atom is -0.368 e. The third kappa shape index (κ3) is 4.29. The molecule has 1 saturated heterocycles. The number of non-ortho nitro benzene ring substituents is 1.